The van der Waals surface area contributed by atoms with Crippen LogP contribution in [0.5, 0.6) is 0 Å². The number of hydrogen-bond acceptors (Lipinski definition) is 2. The first-order chi connectivity index (χ1) is 14.0. The predicted octanol–water partition coefficient (Wildman–Crippen LogP) is 5.58. The summed E-state index contributed by atoms with van der Waals surface area (Å²) in [5, 5.41) is 11.3. The van der Waals surface area contributed by atoms with Crippen molar-refractivity contribution >= 4 is 38.6 Å². The normalized spacial score (nSPS) is 11.0. The Morgan fingerprint density at radius 1 is 0.931 bits per heavy atom. The molecular formula is C22H16BrF2N3O. The van der Waals surface area contributed by atoms with E-state index in [1.165, 1.54) is 12.1 Å². The molecule has 29 heavy (non-hydrogen) atoms. The summed E-state index contributed by atoms with van der Waals surface area (Å²) in [7, 11) is 0. The van der Waals surface area contributed by atoms with Crippen LogP contribution in [0.15, 0.2) is 60.7 Å². The maximum Gasteiger partial charge on any atom is 0.256 e. The van der Waals surface area contributed by atoms with Crippen LogP contribution in [0.25, 0.3) is 10.9 Å². The van der Waals surface area contributed by atoms with Crippen LogP contribution >= 0.6 is 15.9 Å². The van der Waals surface area contributed by atoms with Gasteiger partial charge in [-0.25, -0.2) is 8.78 Å². The number of carbonyl (C=O) groups excluding carboxylic acids is 1. The van der Waals surface area contributed by atoms with Crippen LogP contribution in [0.2, 0.25) is 0 Å². The fourth-order valence-corrected chi connectivity index (χ4v) is 3.51. The Kier molecular flexibility index (Phi) is 5.40. The number of aromatic amines is 1. The van der Waals surface area contributed by atoms with Crippen molar-refractivity contribution in [3.05, 3.63) is 94.6 Å². The van der Waals surface area contributed by atoms with E-state index < -0.39 is 11.6 Å². The fourth-order valence-electron chi connectivity index (χ4n) is 3.14. The third kappa shape index (κ3) is 4.35. The van der Waals surface area contributed by atoms with Gasteiger partial charge in [0.2, 0.25) is 0 Å². The van der Waals surface area contributed by atoms with Crippen LogP contribution in [0, 0.1) is 11.6 Å². The van der Waals surface area contributed by atoms with Crippen LogP contribution < -0.4 is 5.32 Å². The zero-order chi connectivity index (χ0) is 20.4. The number of fused-ring (bicyclic) bond motifs is 1. The first kappa shape index (κ1) is 19.3. The van der Waals surface area contributed by atoms with Crippen molar-refractivity contribution in [2.24, 2.45) is 0 Å². The molecule has 0 radical (unpaired) electrons. The molecule has 0 saturated heterocycles. The molecule has 4 nitrogen and oxygen atoms in total. The van der Waals surface area contributed by atoms with Gasteiger partial charge in [-0.2, -0.15) is 5.10 Å². The van der Waals surface area contributed by atoms with Gasteiger partial charge in [-0.05, 0) is 59.5 Å². The second kappa shape index (κ2) is 8.13. The van der Waals surface area contributed by atoms with Crippen LogP contribution in [-0.2, 0) is 11.8 Å². The van der Waals surface area contributed by atoms with E-state index in [2.05, 4.69) is 31.4 Å². The second-order valence-corrected chi connectivity index (χ2v) is 7.25. The zero-order valence-electron chi connectivity index (χ0n) is 15.2. The van der Waals surface area contributed by atoms with Crippen LogP contribution in [0.3, 0.4) is 0 Å². The average molecular weight is 456 g/mol. The molecule has 3 aromatic carbocycles. The van der Waals surface area contributed by atoms with Crippen molar-refractivity contribution in [1.82, 2.24) is 10.2 Å². The van der Waals surface area contributed by atoms with Gasteiger partial charge in [0.15, 0.2) is 5.82 Å². The molecule has 1 heterocycles. The first-order valence-corrected chi connectivity index (χ1v) is 10.0. The molecule has 146 valence electrons. The first-order valence-electron chi connectivity index (χ1n) is 8.90. The molecule has 2 N–H and O–H groups in total. The Bertz CT molecular complexity index is 1170. The molecule has 0 saturated carbocycles. The molecule has 4 aromatic rings. The van der Waals surface area contributed by atoms with E-state index in [0.717, 1.165) is 33.4 Å². The van der Waals surface area contributed by atoms with Crippen molar-refractivity contribution < 1.29 is 13.6 Å². The van der Waals surface area contributed by atoms with E-state index in [9.17, 15) is 13.6 Å². The maximum absolute atomic E-state index is 13.4. The third-order valence-corrected chi connectivity index (χ3v) is 5.21. The lowest BCUT2D eigenvalue weighted by Gasteiger charge is -2.06. The van der Waals surface area contributed by atoms with Gasteiger partial charge in [0, 0.05) is 22.3 Å². The summed E-state index contributed by atoms with van der Waals surface area (Å²) < 4.78 is 26.9. The van der Waals surface area contributed by atoms with E-state index in [1.54, 1.807) is 12.1 Å². The van der Waals surface area contributed by atoms with E-state index >= 15 is 0 Å². The predicted molar refractivity (Wildman–Crippen MR) is 112 cm³/mol. The highest BCUT2D eigenvalue weighted by Crippen LogP contribution is 2.24. The SMILES string of the molecule is O=C(Nc1n[nH]c2ccc(Cc3cc(F)cc(F)c3)cc12)c1ccc(CBr)cc1. The van der Waals surface area contributed by atoms with Gasteiger partial charge in [0.25, 0.3) is 5.91 Å². The monoisotopic (exact) mass is 455 g/mol. The number of rotatable bonds is 5. The highest BCUT2D eigenvalue weighted by atomic mass is 79.9. The molecular weight excluding hydrogens is 440 g/mol. The maximum atomic E-state index is 13.4. The molecule has 0 bridgehead atoms. The number of aromatic nitrogens is 2. The van der Waals surface area contributed by atoms with E-state index in [0.29, 0.717) is 23.4 Å². The number of hydrogen-bond donors (Lipinski definition) is 2. The van der Waals surface area contributed by atoms with Crippen molar-refractivity contribution in [2.75, 3.05) is 5.32 Å². The van der Waals surface area contributed by atoms with Crippen molar-refractivity contribution in [1.29, 1.82) is 0 Å². The Balaban J connectivity index is 1.58. The summed E-state index contributed by atoms with van der Waals surface area (Å²) in [6.45, 7) is 0. The van der Waals surface area contributed by atoms with Crippen molar-refractivity contribution in [3.63, 3.8) is 0 Å². The summed E-state index contributed by atoms with van der Waals surface area (Å²) >= 11 is 3.38. The lowest BCUT2D eigenvalue weighted by Crippen LogP contribution is -2.12. The zero-order valence-corrected chi connectivity index (χ0v) is 16.8. The Morgan fingerprint density at radius 2 is 1.62 bits per heavy atom. The molecule has 0 unspecified atom stereocenters. The number of nitrogens with zero attached hydrogens (tertiary/aromatic N) is 1. The van der Waals surface area contributed by atoms with Gasteiger partial charge in [0.1, 0.15) is 11.6 Å². The minimum absolute atomic E-state index is 0.267. The van der Waals surface area contributed by atoms with Gasteiger partial charge in [-0.3, -0.25) is 9.89 Å². The number of halogens is 3. The molecule has 1 amide bonds. The largest absolute Gasteiger partial charge is 0.305 e. The number of carbonyl (C=O) groups is 1. The summed E-state index contributed by atoms with van der Waals surface area (Å²) in [5.41, 5.74) is 3.73. The number of nitrogens with one attached hydrogen (secondary N) is 2. The van der Waals surface area contributed by atoms with E-state index in [1.807, 2.05) is 30.3 Å². The minimum Gasteiger partial charge on any atom is -0.305 e. The third-order valence-electron chi connectivity index (χ3n) is 4.56. The number of alkyl halides is 1. The molecule has 0 fully saturated rings. The Hall–Kier alpha value is -3.06. The topological polar surface area (TPSA) is 57.8 Å². The summed E-state index contributed by atoms with van der Waals surface area (Å²) in [5.74, 6) is -1.08. The standard InChI is InChI=1S/C22H16BrF2N3O/c23-12-13-1-4-16(5-2-13)22(29)26-21-19-10-14(3-6-20(19)27-28-21)7-15-8-17(24)11-18(25)9-15/h1-6,8-11H,7,12H2,(H2,26,27,28,29). The Morgan fingerprint density at radius 3 is 2.31 bits per heavy atom. The fraction of sp³-hybridized carbons (Fsp3) is 0.0909. The number of amides is 1. The number of anilines is 1. The van der Waals surface area contributed by atoms with Crippen LogP contribution in [0.1, 0.15) is 27.0 Å². The average Bonchev–Trinajstić information content (AvgIpc) is 3.09. The van der Waals surface area contributed by atoms with Crippen LogP contribution in [-0.4, -0.2) is 16.1 Å². The lowest BCUT2D eigenvalue weighted by molar-refractivity contribution is 0.102. The molecule has 0 aliphatic rings. The van der Waals surface area contributed by atoms with Gasteiger partial charge < -0.3 is 5.32 Å². The van der Waals surface area contributed by atoms with E-state index in [-0.39, 0.29) is 5.91 Å². The molecule has 1 aromatic heterocycles. The van der Waals surface area contributed by atoms with Crippen molar-refractivity contribution in [2.45, 2.75) is 11.8 Å². The number of benzene rings is 3. The Labute approximate surface area is 174 Å². The van der Waals surface area contributed by atoms with Gasteiger partial charge >= 0.3 is 0 Å². The molecule has 0 atom stereocenters. The van der Waals surface area contributed by atoms with Gasteiger partial charge in [0.05, 0.1) is 5.52 Å². The smallest absolute Gasteiger partial charge is 0.256 e. The molecule has 0 aliphatic carbocycles. The van der Waals surface area contributed by atoms with Crippen molar-refractivity contribution in [3.8, 4) is 0 Å². The van der Waals surface area contributed by atoms with Gasteiger partial charge in [-0.15, -0.1) is 0 Å². The summed E-state index contributed by atoms with van der Waals surface area (Å²) in [4.78, 5) is 12.5. The number of H-pyrrole nitrogens is 1. The van der Waals surface area contributed by atoms with Gasteiger partial charge in [-0.1, -0.05) is 34.1 Å². The minimum atomic E-state index is -0.608. The highest BCUT2D eigenvalue weighted by Gasteiger charge is 2.12. The summed E-state index contributed by atoms with van der Waals surface area (Å²) in [6.07, 6.45) is 0.358. The lowest BCUT2D eigenvalue weighted by atomic mass is 10.0. The molecule has 4 rings (SSSR count). The van der Waals surface area contributed by atoms with E-state index in [4.69, 9.17) is 0 Å². The second-order valence-electron chi connectivity index (χ2n) is 6.69. The molecule has 7 heteroatoms. The highest BCUT2D eigenvalue weighted by molar-refractivity contribution is 9.08. The molecule has 0 spiro atoms. The van der Waals surface area contributed by atoms with Crippen LogP contribution in [0.4, 0.5) is 14.6 Å². The molecule has 0 aliphatic heterocycles. The quantitative estimate of drug-likeness (QED) is 0.386. The summed E-state index contributed by atoms with van der Waals surface area (Å²) in [6, 6.07) is 16.3.